The maximum atomic E-state index is 12.4. The summed E-state index contributed by atoms with van der Waals surface area (Å²) in [5.41, 5.74) is 1.76. The molecule has 0 atom stereocenters. The SMILES string of the molecule is CC(=O)N/C(=C\c1ccccc1)C(=O)OCC(=O)c1ccc(N2CCCC2=O)cc1. The number of Topliss-reactive ketones (excluding diaryl/α,β-unsaturated/α-hetero) is 1. The van der Waals surface area contributed by atoms with Crippen LogP contribution in [0.5, 0.6) is 0 Å². The summed E-state index contributed by atoms with van der Waals surface area (Å²) in [5, 5.41) is 2.43. The van der Waals surface area contributed by atoms with E-state index < -0.39 is 18.5 Å². The number of amides is 2. The molecule has 1 aliphatic rings. The Morgan fingerprint density at radius 2 is 1.77 bits per heavy atom. The molecule has 0 unspecified atom stereocenters. The summed E-state index contributed by atoms with van der Waals surface area (Å²) in [7, 11) is 0. The van der Waals surface area contributed by atoms with E-state index >= 15 is 0 Å². The molecular formula is C23H22N2O5. The van der Waals surface area contributed by atoms with E-state index in [1.807, 2.05) is 6.07 Å². The number of nitrogens with zero attached hydrogens (tertiary/aromatic N) is 1. The number of anilines is 1. The zero-order valence-electron chi connectivity index (χ0n) is 16.6. The highest BCUT2D eigenvalue weighted by Gasteiger charge is 2.22. The molecule has 7 heteroatoms. The Hall–Kier alpha value is -3.74. The number of carbonyl (C=O) groups is 4. The molecular weight excluding hydrogens is 384 g/mol. The Morgan fingerprint density at radius 3 is 2.37 bits per heavy atom. The average molecular weight is 406 g/mol. The van der Waals surface area contributed by atoms with Crippen molar-refractivity contribution in [3.8, 4) is 0 Å². The van der Waals surface area contributed by atoms with Crippen LogP contribution in [0.4, 0.5) is 5.69 Å². The lowest BCUT2D eigenvalue weighted by molar-refractivity contribution is -0.139. The number of ether oxygens (including phenoxy) is 1. The molecule has 0 aliphatic carbocycles. The maximum absolute atomic E-state index is 12.4. The summed E-state index contributed by atoms with van der Waals surface area (Å²) in [6.07, 6.45) is 2.84. The standard InChI is InChI=1S/C23H22N2O5/c1-16(26)24-20(14-17-6-3-2-4-7-17)23(29)30-15-21(27)18-9-11-19(12-10-18)25-13-5-8-22(25)28/h2-4,6-7,9-12,14H,5,8,13,15H2,1H3,(H,24,26)/b20-14-. The molecule has 30 heavy (non-hydrogen) atoms. The highest BCUT2D eigenvalue weighted by Crippen LogP contribution is 2.21. The first kappa shape index (κ1) is 21.0. The van der Waals surface area contributed by atoms with Crippen LogP contribution in [0.2, 0.25) is 0 Å². The van der Waals surface area contributed by atoms with E-state index in [-0.39, 0.29) is 17.4 Å². The molecule has 0 saturated carbocycles. The second kappa shape index (κ2) is 9.65. The summed E-state index contributed by atoms with van der Waals surface area (Å²) >= 11 is 0. The summed E-state index contributed by atoms with van der Waals surface area (Å²) < 4.78 is 5.10. The normalized spacial score (nSPS) is 13.8. The zero-order chi connectivity index (χ0) is 21.5. The number of hydrogen-bond acceptors (Lipinski definition) is 5. The molecule has 1 aliphatic heterocycles. The van der Waals surface area contributed by atoms with E-state index in [2.05, 4.69) is 5.32 Å². The van der Waals surface area contributed by atoms with Gasteiger partial charge in [-0.3, -0.25) is 14.4 Å². The van der Waals surface area contributed by atoms with Crippen LogP contribution in [-0.2, 0) is 19.1 Å². The number of ketones is 1. The molecule has 1 fully saturated rings. The second-order valence-corrected chi connectivity index (χ2v) is 6.84. The third-order valence-corrected chi connectivity index (χ3v) is 4.55. The van der Waals surface area contributed by atoms with Gasteiger partial charge < -0.3 is 15.0 Å². The fourth-order valence-electron chi connectivity index (χ4n) is 3.09. The monoisotopic (exact) mass is 406 g/mol. The van der Waals surface area contributed by atoms with Crippen LogP contribution in [0, 0.1) is 0 Å². The lowest BCUT2D eigenvalue weighted by Crippen LogP contribution is -2.27. The lowest BCUT2D eigenvalue weighted by atomic mass is 10.1. The van der Waals surface area contributed by atoms with Crippen LogP contribution in [0.1, 0.15) is 35.7 Å². The molecule has 3 rings (SSSR count). The largest absolute Gasteiger partial charge is 0.453 e. The van der Waals surface area contributed by atoms with Crippen LogP contribution in [0.25, 0.3) is 6.08 Å². The van der Waals surface area contributed by atoms with Crippen molar-refractivity contribution in [2.75, 3.05) is 18.1 Å². The Morgan fingerprint density at radius 1 is 1.07 bits per heavy atom. The van der Waals surface area contributed by atoms with Gasteiger partial charge in [-0.25, -0.2) is 4.79 Å². The first-order valence-corrected chi connectivity index (χ1v) is 9.59. The van der Waals surface area contributed by atoms with Gasteiger partial charge in [0.25, 0.3) is 0 Å². The first-order valence-electron chi connectivity index (χ1n) is 9.59. The topological polar surface area (TPSA) is 92.8 Å². The molecule has 1 heterocycles. The number of carbonyl (C=O) groups excluding carboxylic acids is 4. The third-order valence-electron chi connectivity index (χ3n) is 4.55. The highest BCUT2D eigenvalue weighted by atomic mass is 16.5. The van der Waals surface area contributed by atoms with Crippen LogP contribution < -0.4 is 10.2 Å². The van der Waals surface area contributed by atoms with Gasteiger partial charge in [-0.1, -0.05) is 30.3 Å². The molecule has 0 spiro atoms. The van der Waals surface area contributed by atoms with Crippen molar-refractivity contribution in [1.82, 2.24) is 5.32 Å². The number of rotatable bonds is 7. The van der Waals surface area contributed by atoms with Gasteiger partial charge in [-0.2, -0.15) is 0 Å². The van der Waals surface area contributed by atoms with Gasteiger partial charge in [0.2, 0.25) is 11.8 Å². The lowest BCUT2D eigenvalue weighted by Gasteiger charge is -2.15. The van der Waals surface area contributed by atoms with E-state index in [1.165, 1.54) is 13.0 Å². The minimum absolute atomic E-state index is 0.0515. The van der Waals surface area contributed by atoms with Crippen molar-refractivity contribution in [3.05, 3.63) is 71.4 Å². The Bertz CT molecular complexity index is 980. The Labute approximate surface area is 174 Å². The van der Waals surface area contributed by atoms with Gasteiger partial charge >= 0.3 is 5.97 Å². The summed E-state index contributed by atoms with van der Waals surface area (Å²) in [4.78, 5) is 49.7. The van der Waals surface area contributed by atoms with Gasteiger partial charge in [-0.05, 0) is 42.3 Å². The van der Waals surface area contributed by atoms with Crippen molar-refractivity contribution < 1.29 is 23.9 Å². The fraction of sp³-hybridized carbons (Fsp3) is 0.217. The van der Waals surface area contributed by atoms with E-state index in [4.69, 9.17) is 4.74 Å². The van der Waals surface area contributed by atoms with Gasteiger partial charge in [0.15, 0.2) is 12.4 Å². The summed E-state index contributed by atoms with van der Waals surface area (Å²) in [6, 6.07) is 15.6. The van der Waals surface area contributed by atoms with Crippen molar-refractivity contribution in [3.63, 3.8) is 0 Å². The number of hydrogen-bond donors (Lipinski definition) is 1. The molecule has 7 nitrogen and oxygen atoms in total. The summed E-state index contributed by atoms with van der Waals surface area (Å²) in [5.74, 6) is -1.54. The van der Waals surface area contributed by atoms with Crippen molar-refractivity contribution >= 4 is 35.3 Å². The van der Waals surface area contributed by atoms with Crippen LogP contribution in [0.15, 0.2) is 60.3 Å². The van der Waals surface area contributed by atoms with Gasteiger partial charge in [0.1, 0.15) is 5.70 Å². The molecule has 0 aromatic heterocycles. The van der Waals surface area contributed by atoms with Crippen LogP contribution >= 0.6 is 0 Å². The molecule has 2 aromatic carbocycles. The average Bonchev–Trinajstić information content (AvgIpc) is 3.17. The van der Waals surface area contributed by atoms with Gasteiger partial charge in [0, 0.05) is 31.1 Å². The minimum Gasteiger partial charge on any atom is -0.453 e. The van der Waals surface area contributed by atoms with Crippen molar-refractivity contribution in [2.24, 2.45) is 0 Å². The molecule has 2 aromatic rings. The first-order chi connectivity index (χ1) is 14.4. The minimum atomic E-state index is -0.804. The molecule has 0 bridgehead atoms. The Kier molecular flexibility index (Phi) is 6.75. The molecule has 0 radical (unpaired) electrons. The summed E-state index contributed by atoms with van der Waals surface area (Å²) in [6.45, 7) is 1.49. The van der Waals surface area contributed by atoms with E-state index in [0.717, 1.165) is 12.1 Å². The van der Waals surface area contributed by atoms with Crippen LogP contribution in [-0.4, -0.2) is 36.7 Å². The third kappa shape index (κ3) is 5.41. The molecule has 2 amide bonds. The second-order valence-electron chi connectivity index (χ2n) is 6.84. The molecule has 154 valence electrons. The van der Waals surface area contributed by atoms with Crippen molar-refractivity contribution in [2.45, 2.75) is 19.8 Å². The van der Waals surface area contributed by atoms with Gasteiger partial charge in [-0.15, -0.1) is 0 Å². The molecule has 1 N–H and O–H groups in total. The Balaban J connectivity index is 1.63. The predicted octanol–water partition coefficient (Wildman–Crippen LogP) is 2.72. The number of benzene rings is 2. The maximum Gasteiger partial charge on any atom is 0.355 e. The van der Waals surface area contributed by atoms with E-state index in [1.54, 1.807) is 53.4 Å². The van der Waals surface area contributed by atoms with E-state index in [9.17, 15) is 19.2 Å². The predicted molar refractivity (Wildman–Crippen MR) is 112 cm³/mol. The molecule has 1 saturated heterocycles. The smallest absolute Gasteiger partial charge is 0.355 e. The highest BCUT2D eigenvalue weighted by molar-refractivity contribution is 6.02. The quantitative estimate of drug-likeness (QED) is 0.434. The number of nitrogens with one attached hydrogen (secondary N) is 1. The zero-order valence-corrected chi connectivity index (χ0v) is 16.6. The van der Waals surface area contributed by atoms with E-state index in [0.29, 0.717) is 24.1 Å². The van der Waals surface area contributed by atoms with Gasteiger partial charge in [0.05, 0.1) is 0 Å². The number of esters is 1. The van der Waals surface area contributed by atoms with Crippen molar-refractivity contribution in [1.29, 1.82) is 0 Å². The fourth-order valence-corrected chi connectivity index (χ4v) is 3.09. The van der Waals surface area contributed by atoms with Crippen LogP contribution in [0.3, 0.4) is 0 Å².